The lowest BCUT2D eigenvalue weighted by atomic mass is 10.1. The van der Waals surface area contributed by atoms with Crippen LogP contribution in [0.4, 0.5) is 4.79 Å². The molecule has 1 fully saturated rings. The largest absolute Gasteiger partial charge is 0.338 e. The number of nitrogens with zero attached hydrogens (tertiary/aromatic N) is 1. The summed E-state index contributed by atoms with van der Waals surface area (Å²) in [4.78, 5) is 13.0. The fourth-order valence-corrected chi connectivity index (χ4v) is 1.72. The minimum absolute atomic E-state index is 0.0643. The summed E-state index contributed by atoms with van der Waals surface area (Å²) in [7, 11) is 1.82. The van der Waals surface area contributed by atoms with Gasteiger partial charge in [0.1, 0.15) is 0 Å². The van der Waals surface area contributed by atoms with Crippen molar-refractivity contribution in [3.63, 3.8) is 0 Å². The van der Waals surface area contributed by atoms with Gasteiger partial charge in [-0.2, -0.15) is 0 Å². The number of hydrogen-bond acceptors (Lipinski definition) is 1. The third-order valence-corrected chi connectivity index (χ3v) is 2.84. The maximum absolute atomic E-state index is 11.3. The van der Waals surface area contributed by atoms with Gasteiger partial charge in [-0.1, -0.05) is 12.8 Å². The number of hydrogen-bond donors (Lipinski definition) is 1. The van der Waals surface area contributed by atoms with Crippen LogP contribution in [-0.4, -0.2) is 31.1 Å². The molecule has 0 aliphatic heterocycles. The lowest BCUT2D eigenvalue weighted by Crippen LogP contribution is -2.39. The van der Waals surface area contributed by atoms with Crippen molar-refractivity contribution in [2.24, 2.45) is 5.92 Å². The van der Waals surface area contributed by atoms with Gasteiger partial charge in [-0.15, -0.1) is 0 Å². The Labute approximate surface area is 80.5 Å². The van der Waals surface area contributed by atoms with E-state index in [1.807, 2.05) is 14.0 Å². The summed E-state index contributed by atoms with van der Waals surface area (Å²) in [5, 5.41) is 2.96. The molecule has 0 bridgehead atoms. The normalized spacial score (nSPS) is 17.4. The fourth-order valence-electron chi connectivity index (χ4n) is 1.72. The van der Waals surface area contributed by atoms with Gasteiger partial charge in [-0.25, -0.2) is 4.79 Å². The number of rotatable bonds is 3. The first kappa shape index (κ1) is 10.4. The van der Waals surface area contributed by atoms with Crippen molar-refractivity contribution >= 4 is 6.03 Å². The summed E-state index contributed by atoms with van der Waals surface area (Å²) in [6.07, 6.45) is 5.25. The van der Waals surface area contributed by atoms with Crippen molar-refractivity contribution in [1.82, 2.24) is 10.2 Å². The molecule has 0 radical (unpaired) electrons. The van der Waals surface area contributed by atoms with Gasteiger partial charge < -0.3 is 10.2 Å². The van der Waals surface area contributed by atoms with E-state index in [0.717, 1.165) is 19.0 Å². The first-order valence-electron chi connectivity index (χ1n) is 5.23. The first-order chi connectivity index (χ1) is 6.24. The van der Waals surface area contributed by atoms with E-state index in [1.165, 1.54) is 25.7 Å². The summed E-state index contributed by atoms with van der Waals surface area (Å²) in [5.74, 6) is 0.731. The van der Waals surface area contributed by atoms with Crippen LogP contribution in [0.1, 0.15) is 32.6 Å². The molecular weight excluding hydrogens is 164 g/mol. The van der Waals surface area contributed by atoms with Crippen LogP contribution in [0, 0.1) is 5.92 Å². The van der Waals surface area contributed by atoms with E-state index < -0.39 is 0 Å². The molecular formula is C10H20N2O. The second-order valence-electron chi connectivity index (χ2n) is 3.85. The molecule has 13 heavy (non-hydrogen) atoms. The minimum atomic E-state index is 0.0643. The topological polar surface area (TPSA) is 32.3 Å². The smallest absolute Gasteiger partial charge is 0.317 e. The average Bonchev–Trinajstić information content (AvgIpc) is 2.65. The van der Waals surface area contributed by atoms with Crippen LogP contribution < -0.4 is 5.32 Å². The van der Waals surface area contributed by atoms with E-state index in [2.05, 4.69) is 5.32 Å². The highest BCUT2D eigenvalue weighted by atomic mass is 16.2. The lowest BCUT2D eigenvalue weighted by Gasteiger charge is -2.17. The number of urea groups is 1. The highest BCUT2D eigenvalue weighted by Crippen LogP contribution is 2.23. The van der Waals surface area contributed by atoms with Crippen LogP contribution in [-0.2, 0) is 0 Å². The SMILES string of the molecule is CCN(C)C(=O)NCC1CCCC1. The summed E-state index contributed by atoms with van der Waals surface area (Å²) >= 11 is 0. The Hall–Kier alpha value is -0.730. The van der Waals surface area contributed by atoms with Crippen LogP contribution in [0.15, 0.2) is 0 Å². The van der Waals surface area contributed by atoms with Crippen LogP contribution in [0.25, 0.3) is 0 Å². The molecule has 1 saturated carbocycles. The number of nitrogens with one attached hydrogen (secondary N) is 1. The second kappa shape index (κ2) is 5.10. The van der Waals surface area contributed by atoms with Crippen molar-refractivity contribution < 1.29 is 4.79 Å². The molecule has 3 nitrogen and oxygen atoms in total. The number of carbonyl (C=O) groups excluding carboxylic acids is 1. The lowest BCUT2D eigenvalue weighted by molar-refractivity contribution is 0.209. The standard InChI is InChI=1S/C10H20N2O/c1-3-12(2)10(13)11-8-9-6-4-5-7-9/h9H,3-8H2,1-2H3,(H,11,13). The zero-order valence-electron chi connectivity index (χ0n) is 8.68. The van der Waals surface area contributed by atoms with Crippen molar-refractivity contribution in [1.29, 1.82) is 0 Å². The molecule has 2 amide bonds. The van der Waals surface area contributed by atoms with Gasteiger partial charge in [0.25, 0.3) is 0 Å². The van der Waals surface area contributed by atoms with E-state index in [9.17, 15) is 4.79 Å². The maximum atomic E-state index is 11.3. The van der Waals surface area contributed by atoms with Gasteiger partial charge in [0.15, 0.2) is 0 Å². The van der Waals surface area contributed by atoms with E-state index >= 15 is 0 Å². The summed E-state index contributed by atoms with van der Waals surface area (Å²) in [6, 6.07) is 0.0643. The van der Waals surface area contributed by atoms with E-state index in [-0.39, 0.29) is 6.03 Å². The predicted octanol–water partition coefficient (Wildman–Crippen LogP) is 1.84. The molecule has 1 N–H and O–H groups in total. The Morgan fingerprint density at radius 2 is 2.08 bits per heavy atom. The minimum Gasteiger partial charge on any atom is -0.338 e. The molecule has 1 aliphatic rings. The quantitative estimate of drug-likeness (QED) is 0.713. The van der Waals surface area contributed by atoms with Crippen molar-refractivity contribution in [2.45, 2.75) is 32.6 Å². The van der Waals surface area contributed by atoms with Gasteiger partial charge in [0.2, 0.25) is 0 Å². The van der Waals surface area contributed by atoms with E-state index in [1.54, 1.807) is 4.90 Å². The molecule has 0 unspecified atom stereocenters. The summed E-state index contributed by atoms with van der Waals surface area (Å²) in [5.41, 5.74) is 0. The highest BCUT2D eigenvalue weighted by Gasteiger charge is 2.16. The fraction of sp³-hybridized carbons (Fsp3) is 0.900. The third-order valence-electron chi connectivity index (χ3n) is 2.84. The Morgan fingerprint density at radius 3 is 2.62 bits per heavy atom. The Kier molecular flexibility index (Phi) is 4.06. The van der Waals surface area contributed by atoms with Gasteiger partial charge in [-0.3, -0.25) is 0 Å². The van der Waals surface area contributed by atoms with Crippen molar-refractivity contribution in [2.75, 3.05) is 20.1 Å². The van der Waals surface area contributed by atoms with Gasteiger partial charge in [0, 0.05) is 20.1 Å². The maximum Gasteiger partial charge on any atom is 0.317 e. The highest BCUT2D eigenvalue weighted by molar-refractivity contribution is 5.73. The molecule has 3 heteroatoms. The summed E-state index contributed by atoms with van der Waals surface area (Å²) < 4.78 is 0. The molecule has 0 saturated heterocycles. The van der Waals surface area contributed by atoms with Gasteiger partial charge in [0.05, 0.1) is 0 Å². The molecule has 1 aliphatic carbocycles. The Bertz CT molecular complexity index is 164. The van der Waals surface area contributed by atoms with E-state index in [4.69, 9.17) is 0 Å². The molecule has 0 heterocycles. The van der Waals surface area contributed by atoms with Crippen molar-refractivity contribution in [3.8, 4) is 0 Å². The third kappa shape index (κ3) is 3.25. The van der Waals surface area contributed by atoms with E-state index in [0.29, 0.717) is 0 Å². The zero-order chi connectivity index (χ0) is 9.68. The first-order valence-corrected chi connectivity index (χ1v) is 5.23. The predicted molar refractivity (Wildman–Crippen MR) is 53.7 cm³/mol. The molecule has 0 aromatic rings. The Morgan fingerprint density at radius 1 is 1.46 bits per heavy atom. The van der Waals surface area contributed by atoms with Crippen LogP contribution in [0.3, 0.4) is 0 Å². The average molecular weight is 184 g/mol. The summed E-state index contributed by atoms with van der Waals surface area (Å²) in [6.45, 7) is 3.62. The molecule has 1 rings (SSSR count). The molecule has 0 aromatic heterocycles. The van der Waals surface area contributed by atoms with Gasteiger partial charge >= 0.3 is 6.03 Å². The second-order valence-corrected chi connectivity index (χ2v) is 3.85. The van der Waals surface area contributed by atoms with Crippen molar-refractivity contribution in [3.05, 3.63) is 0 Å². The molecule has 0 atom stereocenters. The molecule has 76 valence electrons. The van der Waals surface area contributed by atoms with Crippen LogP contribution in [0.2, 0.25) is 0 Å². The molecule has 0 spiro atoms. The van der Waals surface area contributed by atoms with Crippen LogP contribution >= 0.6 is 0 Å². The van der Waals surface area contributed by atoms with Crippen LogP contribution in [0.5, 0.6) is 0 Å². The number of carbonyl (C=O) groups is 1. The van der Waals surface area contributed by atoms with Gasteiger partial charge in [-0.05, 0) is 25.7 Å². The molecule has 0 aromatic carbocycles. The monoisotopic (exact) mass is 184 g/mol. The zero-order valence-corrected chi connectivity index (χ0v) is 8.68. The number of amides is 2. The Balaban J connectivity index is 2.13.